The molecule has 0 spiro atoms. The summed E-state index contributed by atoms with van der Waals surface area (Å²) in [6.45, 7) is 4.33. The van der Waals surface area contributed by atoms with Crippen molar-refractivity contribution in [3.8, 4) is 0 Å². The summed E-state index contributed by atoms with van der Waals surface area (Å²) in [7, 11) is 0. The summed E-state index contributed by atoms with van der Waals surface area (Å²) in [5.41, 5.74) is 0.439. The van der Waals surface area contributed by atoms with Gasteiger partial charge in [-0.3, -0.25) is 9.59 Å². The van der Waals surface area contributed by atoms with Gasteiger partial charge in [-0.25, -0.2) is 0 Å². The molecule has 0 saturated carbocycles. The van der Waals surface area contributed by atoms with E-state index >= 15 is 0 Å². The molecule has 1 unspecified atom stereocenters. The van der Waals surface area contributed by atoms with Crippen molar-refractivity contribution >= 4 is 29.3 Å². The average Bonchev–Trinajstić information content (AvgIpc) is 2.54. The van der Waals surface area contributed by atoms with E-state index in [9.17, 15) is 9.59 Å². The summed E-state index contributed by atoms with van der Waals surface area (Å²) < 4.78 is 0. The average molecular weight is 292 g/mol. The minimum atomic E-state index is -0.839. The van der Waals surface area contributed by atoms with E-state index < -0.39 is 5.54 Å². The van der Waals surface area contributed by atoms with E-state index in [1.165, 1.54) is 0 Å². The van der Waals surface area contributed by atoms with E-state index in [2.05, 4.69) is 5.32 Å². The zero-order valence-electron chi connectivity index (χ0n) is 12.1. The second-order valence-electron chi connectivity index (χ2n) is 5.11. The number of benzene rings is 1. The van der Waals surface area contributed by atoms with Crippen LogP contribution in [0.25, 0.3) is 0 Å². The summed E-state index contributed by atoms with van der Waals surface area (Å²) in [6, 6.07) is 7.30. The fraction of sp³-hybridized carbons (Fsp3) is 0.467. The van der Waals surface area contributed by atoms with Crippen LogP contribution in [0.1, 0.15) is 30.6 Å². The van der Waals surface area contributed by atoms with E-state index in [4.69, 9.17) is 0 Å². The number of fused-ring (bicyclic) bond motifs is 1. The number of hydrogen-bond donors (Lipinski definition) is 1. The lowest BCUT2D eigenvalue weighted by Crippen LogP contribution is -2.56. The second-order valence-corrected chi connectivity index (χ2v) is 6.09. The summed E-state index contributed by atoms with van der Waals surface area (Å²) in [5.74, 6) is 0.630. The van der Waals surface area contributed by atoms with Gasteiger partial charge in [-0.15, -0.1) is 0 Å². The summed E-state index contributed by atoms with van der Waals surface area (Å²) >= 11 is 1.69. The predicted molar refractivity (Wildman–Crippen MR) is 83.3 cm³/mol. The molecule has 108 valence electrons. The second kappa shape index (κ2) is 5.87. The van der Waals surface area contributed by atoms with Crippen LogP contribution < -0.4 is 10.2 Å². The Balaban J connectivity index is 2.51. The van der Waals surface area contributed by atoms with Gasteiger partial charge in [0.25, 0.3) is 11.8 Å². The zero-order valence-corrected chi connectivity index (χ0v) is 12.9. The monoisotopic (exact) mass is 292 g/mol. The number of amides is 2. The van der Waals surface area contributed by atoms with Crippen LogP contribution in [0.5, 0.6) is 0 Å². The van der Waals surface area contributed by atoms with Crippen molar-refractivity contribution in [3.63, 3.8) is 0 Å². The lowest BCUT2D eigenvalue weighted by atomic mass is 9.97. The van der Waals surface area contributed by atoms with Crippen LogP contribution >= 0.6 is 11.8 Å². The standard InChI is InChI=1S/C15H20N2O2S/c1-4-15(2)14(19)17(9-10-20-3)12-8-6-5-7-11(12)13(18)16-15/h5-8H,4,9-10H2,1-3H3,(H,16,18). The van der Waals surface area contributed by atoms with Gasteiger partial charge in [-0.2, -0.15) is 11.8 Å². The first-order valence-corrected chi connectivity index (χ1v) is 8.15. The molecule has 1 aromatic rings. The van der Waals surface area contributed by atoms with Gasteiger partial charge in [0.05, 0.1) is 11.3 Å². The first-order chi connectivity index (χ1) is 9.53. The van der Waals surface area contributed by atoms with Gasteiger partial charge in [0.1, 0.15) is 5.54 Å². The maximum Gasteiger partial charge on any atom is 0.254 e. The lowest BCUT2D eigenvalue weighted by Gasteiger charge is -2.31. The topological polar surface area (TPSA) is 49.4 Å². The van der Waals surface area contributed by atoms with Gasteiger partial charge in [0.2, 0.25) is 0 Å². The smallest absolute Gasteiger partial charge is 0.254 e. The maximum atomic E-state index is 12.8. The summed E-state index contributed by atoms with van der Waals surface area (Å²) in [4.78, 5) is 26.9. The van der Waals surface area contributed by atoms with Crippen LogP contribution in [0, 0.1) is 0 Å². The molecule has 1 heterocycles. The number of hydrogen-bond acceptors (Lipinski definition) is 3. The number of nitrogens with one attached hydrogen (secondary N) is 1. The fourth-order valence-corrected chi connectivity index (χ4v) is 2.69. The van der Waals surface area contributed by atoms with Crippen LogP contribution in [-0.2, 0) is 4.79 Å². The number of rotatable bonds is 4. The van der Waals surface area contributed by atoms with Crippen molar-refractivity contribution in [3.05, 3.63) is 29.8 Å². The molecule has 0 saturated heterocycles. The Morgan fingerprint density at radius 3 is 2.65 bits per heavy atom. The molecule has 0 aliphatic carbocycles. The predicted octanol–water partition coefficient (Wildman–Crippen LogP) is 2.29. The van der Waals surface area contributed by atoms with Gasteiger partial charge >= 0.3 is 0 Å². The molecule has 1 N–H and O–H groups in total. The third kappa shape index (κ3) is 2.54. The highest BCUT2D eigenvalue weighted by Gasteiger charge is 2.41. The van der Waals surface area contributed by atoms with Crippen molar-refractivity contribution in [2.24, 2.45) is 0 Å². The Kier molecular flexibility index (Phi) is 4.38. The zero-order chi connectivity index (χ0) is 14.8. The van der Waals surface area contributed by atoms with Crippen LogP contribution in [0.2, 0.25) is 0 Å². The largest absolute Gasteiger partial charge is 0.338 e. The molecule has 1 atom stereocenters. The summed E-state index contributed by atoms with van der Waals surface area (Å²) in [5, 5.41) is 2.88. The third-order valence-corrected chi connectivity index (χ3v) is 4.36. The van der Waals surface area contributed by atoms with Crippen molar-refractivity contribution in [2.75, 3.05) is 23.5 Å². The first kappa shape index (κ1) is 14.9. The molecule has 0 radical (unpaired) electrons. The van der Waals surface area contributed by atoms with Crippen molar-refractivity contribution in [2.45, 2.75) is 25.8 Å². The van der Waals surface area contributed by atoms with Crippen LogP contribution in [0.4, 0.5) is 5.69 Å². The number of para-hydroxylation sites is 1. The molecule has 20 heavy (non-hydrogen) atoms. The van der Waals surface area contributed by atoms with Gasteiger partial charge in [0, 0.05) is 12.3 Å². The minimum absolute atomic E-state index is 0.0349. The highest BCUT2D eigenvalue weighted by atomic mass is 32.2. The molecule has 0 bridgehead atoms. The SMILES string of the molecule is CCC1(C)NC(=O)c2ccccc2N(CCSC)C1=O. The molecule has 0 aromatic heterocycles. The van der Waals surface area contributed by atoms with Crippen LogP contribution in [0.15, 0.2) is 24.3 Å². The van der Waals surface area contributed by atoms with Crippen molar-refractivity contribution < 1.29 is 9.59 Å². The third-order valence-electron chi connectivity index (χ3n) is 3.77. The molecule has 2 rings (SSSR count). The Morgan fingerprint density at radius 2 is 2.00 bits per heavy atom. The molecular formula is C15H20N2O2S. The number of carbonyl (C=O) groups is 2. The van der Waals surface area contributed by atoms with E-state index in [1.54, 1.807) is 29.7 Å². The van der Waals surface area contributed by atoms with E-state index in [-0.39, 0.29) is 11.8 Å². The van der Waals surface area contributed by atoms with E-state index in [0.717, 1.165) is 5.75 Å². The Bertz CT molecular complexity index is 532. The van der Waals surface area contributed by atoms with Crippen molar-refractivity contribution in [1.82, 2.24) is 5.32 Å². The molecule has 0 fully saturated rings. The minimum Gasteiger partial charge on any atom is -0.338 e. The summed E-state index contributed by atoms with van der Waals surface area (Å²) in [6.07, 6.45) is 2.58. The normalized spacial score (nSPS) is 22.2. The number of anilines is 1. The molecule has 1 aliphatic heterocycles. The Morgan fingerprint density at radius 1 is 1.30 bits per heavy atom. The Labute approximate surface area is 123 Å². The highest BCUT2D eigenvalue weighted by Crippen LogP contribution is 2.28. The molecule has 2 amide bonds. The Hall–Kier alpha value is -1.49. The lowest BCUT2D eigenvalue weighted by molar-refractivity contribution is -0.124. The quantitative estimate of drug-likeness (QED) is 0.926. The molecule has 5 heteroatoms. The van der Waals surface area contributed by atoms with E-state index in [1.807, 2.05) is 31.4 Å². The first-order valence-electron chi connectivity index (χ1n) is 6.76. The fourth-order valence-electron chi connectivity index (χ4n) is 2.32. The number of thioether (sulfide) groups is 1. The van der Waals surface area contributed by atoms with E-state index in [0.29, 0.717) is 24.2 Å². The van der Waals surface area contributed by atoms with Crippen LogP contribution in [-0.4, -0.2) is 35.9 Å². The molecular weight excluding hydrogens is 272 g/mol. The van der Waals surface area contributed by atoms with Gasteiger partial charge in [-0.1, -0.05) is 19.1 Å². The maximum absolute atomic E-state index is 12.8. The van der Waals surface area contributed by atoms with Gasteiger partial charge < -0.3 is 10.2 Å². The van der Waals surface area contributed by atoms with Crippen LogP contribution in [0.3, 0.4) is 0 Å². The van der Waals surface area contributed by atoms with Gasteiger partial charge in [-0.05, 0) is 31.7 Å². The van der Waals surface area contributed by atoms with Gasteiger partial charge in [0.15, 0.2) is 0 Å². The number of nitrogens with zero attached hydrogens (tertiary/aromatic N) is 1. The molecule has 1 aromatic carbocycles. The van der Waals surface area contributed by atoms with Crippen molar-refractivity contribution in [1.29, 1.82) is 0 Å². The molecule has 4 nitrogen and oxygen atoms in total. The highest BCUT2D eigenvalue weighted by molar-refractivity contribution is 7.98. The number of carbonyl (C=O) groups excluding carboxylic acids is 2. The molecule has 1 aliphatic rings.